The van der Waals surface area contributed by atoms with Crippen LogP contribution >= 0.6 is 23.5 Å². The Balaban J connectivity index is 1.28. The number of rotatable bonds is 34. The van der Waals surface area contributed by atoms with Crippen LogP contribution < -0.4 is 21.3 Å². The van der Waals surface area contributed by atoms with E-state index < -0.39 is 201 Å². The van der Waals surface area contributed by atoms with Gasteiger partial charge in [-0.05, 0) is 16.7 Å². The molecule has 3 heterocycles. The van der Waals surface area contributed by atoms with E-state index in [1.54, 1.807) is 91.0 Å². The molecule has 3 saturated heterocycles. The van der Waals surface area contributed by atoms with Crippen molar-refractivity contribution in [2.24, 2.45) is 0 Å². The molecule has 6 N–H and O–H groups in total. The second-order valence-electron chi connectivity index (χ2n) is 22.1. The molecule has 0 bridgehead atoms. The van der Waals surface area contributed by atoms with E-state index >= 15 is 0 Å². The smallest absolute Gasteiger partial charge is 0.456 e. The third-order valence-electron chi connectivity index (χ3n) is 13.9. The van der Waals surface area contributed by atoms with Crippen LogP contribution in [0.15, 0.2) is 91.0 Å². The predicted molar refractivity (Wildman–Crippen MR) is 332 cm³/mol. The minimum atomic E-state index is -5.87. The summed E-state index contributed by atoms with van der Waals surface area (Å²) in [5, 5.41) is 9.60. The number of phosphoric acid groups is 3. The molecule has 37 nitrogen and oxygen atoms in total. The van der Waals surface area contributed by atoms with E-state index in [-0.39, 0.29) is 26.4 Å². The summed E-state index contributed by atoms with van der Waals surface area (Å²) in [6.07, 6.45) is -24.4. The molecule has 3 fully saturated rings. The van der Waals surface area contributed by atoms with Crippen LogP contribution in [0.1, 0.15) is 79.0 Å². The minimum Gasteiger partial charge on any atom is -0.456 e. The van der Waals surface area contributed by atoms with Crippen LogP contribution in [0, 0.1) is 0 Å². The molecule has 3 aliphatic heterocycles. The van der Waals surface area contributed by atoms with Crippen molar-refractivity contribution in [3.05, 3.63) is 108 Å². The Labute approximate surface area is 572 Å². The summed E-state index contributed by atoms with van der Waals surface area (Å²) in [7, 11) is -16.4. The summed E-state index contributed by atoms with van der Waals surface area (Å²) in [5.41, 5.74) is 1.71. The zero-order valence-electron chi connectivity index (χ0n) is 55.4. The fourth-order valence-corrected chi connectivity index (χ4v) is 12.9. The molecule has 0 spiro atoms. The lowest BCUT2D eigenvalue weighted by molar-refractivity contribution is -0.277. The number of nitrogens with one attached hydrogen (secondary N) is 4. The van der Waals surface area contributed by atoms with Crippen LogP contribution in [-0.2, 0) is 160 Å². The molecule has 40 heteroatoms. The Hall–Kier alpha value is -7.67. The van der Waals surface area contributed by atoms with Gasteiger partial charge in [0.05, 0.1) is 39.6 Å². The summed E-state index contributed by atoms with van der Waals surface area (Å²) in [5.74, 6) is -9.10. The lowest BCUT2D eigenvalue weighted by atomic mass is 9.96. The summed E-state index contributed by atoms with van der Waals surface area (Å²) < 4.78 is 145. The second-order valence-corrected chi connectivity index (χ2v) is 26.6. The van der Waals surface area contributed by atoms with Gasteiger partial charge in [0.1, 0.15) is 43.0 Å². The SMILES string of the molecule is CC(=O)N[C@@H]1[C@@H](OP(=O)(O)OC[C@H]2O[C@H](OCCNC(=O)OCc3ccccc3)[C@@H](NC(C)=O)[C@@H](OC(C)=O)[C@@H]2OC(C)=O)O[C@H](COP(=O)(O)O[C@H]2O[C@H](COP(=O)(OCc3ccccc3)OCc3ccccc3)[C@@H](OC(C)=O)[C@H](OC(C)=O)[C@@H]2NC(C)=O)[C@@H](OC(C)=O)[C@@H]1OC(C)=O. The highest BCUT2D eigenvalue weighted by atomic mass is 31.2. The zero-order valence-corrected chi connectivity index (χ0v) is 58.1. The molecule has 0 aromatic heterocycles. The molecule has 3 aromatic carbocycles. The molecule has 0 saturated carbocycles. The van der Waals surface area contributed by atoms with Gasteiger partial charge in [-0.15, -0.1) is 0 Å². The Bertz CT molecular complexity index is 3390. The van der Waals surface area contributed by atoms with Gasteiger partial charge < -0.3 is 83.2 Å². The highest BCUT2D eigenvalue weighted by Crippen LogP contribution is 2.53. The lowest BCUT2D eigenvalue weighted by Gasteiger charge is -2.46. The van der Waals surface area contributed by atoms with E-state index in [2.05, 4.69) is 21.3 Å². The number of carbonyl (C=O) groups excluding carboxylic acids is 10. The Morgan fingerprint density at radius 3 is 1.03 bits per heavy atom. The number of amides is 4. The van der Waals surface area contributed by atoms with E-state index in [1.165, 1.54) is 0 Å². The van der Waals surface area contributed by atoms with Crippen molar-refractivity contribution in [2.45, 2.75) is 174 Å². The van der Waals surface area contributed by atoms with Gasteiger partial charge in [0.25, 0.3) is 0 Å². The number of benzene rings is 3. The Morgan fingerprint density at radius 1 is 0.400 bits per heavy atom. The lowest BCUT2D eigenvalue weighted by Crippen LogP contribution is -2.67. The van der Waals surface area contributed by atoms with Crippen molar-refractivity contribution < 1.29 is 155 Å². The molecule has 0 radical (unpaired) electrons. The third-order valence-corrected chi connectivity index (χ3v) is 17.1. The van der Waals surface area contributed by atoms with Crippen molar-refractivity contribution in [1.29, 1.82) is 0 Å². The van der Waals surface area contributed by atoms with Crippen molar-refractivity contribution in [3.8, 4) is 0 Å². The van der Waals surface area contributed by atoms with Gasteiger partial charge in [-0.25, -0.2) is 18.5 Å². The number of ether oxygens (including phenoxy) is 11. The maximum absolute atomic E-state index is 14.5. The third kappa shape index (κ3) is 26.7. The first-order valence-electron chi connectivity index (χ1n) is 30.5. The summed E-state index contributed by atoms with van der Waals surface area (Å²) in [6, 6.07) is 20.0. The number of carbonyl (C=O) groups is 10. The number of hydrogen-bond acceptors (Lipinski definition) is 31. The first-order valence-corrected chi connectivity index (χ1v) is 34.9. The molecule has 3 aromatic rings. The average Bonchev–Trinajstić information content (AvgIpc) is 0.788. The van der Waals surface area contributed by atoms with Gasteiger partial charge >= 0.3 is 65.4 Å². The molecule has 17 atom stereocenters. The van der Waals surface area contributed by atoms with Crippen LogP contribution in [0.4, 0.5) is 4.79 Å². The molecule has 2 unspecified atom stereocenters. The topological polar surface area (TPSA) is 477 Å². The van der Waals surface area contributed by atoms with Crippen molar-refractivity contribution in [3.63, 3.8) is 0 Å². The molecular formula is C60H79N4O33P3. The molecule has 0 aliphatic carbocycles. The van der Waals surface area contributed by atoms with Gasteiger partial charge in [0, 0.05) is 68.9 Å². The normalized spacial score (nSPS) is 26.2. The molecule has 4 amide bonds. The van der Waals surface area contributed by atoms with Gasteiger partial charge in [-0.3, -0.25) is 74.8 Å². The number of esters is 6. The summed E-state index contributed by atoms with van der Waals surface area (Å²) in [4.78, 5) is 151. The van der Waals surface area contributed by atoms with Crippen molar-refractivity contribution in [2.75, 3.05) is 33.0 Å². The molecule has 100 heavy (non-hydrogen) atoms. The average molecular weight is 1480 g/mol. The largest absolute Gasteiger partial charge is 0.475 e. The van der Waals surface area contributed by atoms with Crippen LogP contribution in [0.2, 0.25) is 0 Å². The maximum Gasteiger partial charge on any atom is 0.475 e. The molecular weight excluding hydrogens is 1400 g/mol. The Morgan fingerprint density at radius 2 is 0.700 bits per heavy atom. The van der Waals surface area contributed by atoms with Crippen molar-refractivity contribution >= 4 is 83.1 Å². The Kier molecular flexibility index (Phi) is 31.2. The van der Waals surface area contributed by atoms with E-state index in [9.17, 15) is 71.4 Å². The van der Waals surface area contributed by atoms with Gasteiger partial charge in [0.2, 0.25) is 17.7 Å². The van der Waals surface area contributed by atoms with Gasteiger partial charge in [0.15, 0.2) is 55.5 Å². The predicted octanol–water partition coefficient (Wildman–Crippen LogP) is 3.03. The maximum atomic E-state index is 14.5. The van der Waals surface area contributed by atoms with Crippen LogP contribution in [0.5, 0.6) is 0 Å². The molecule has 552 valence electrons. The fraction of sp³-hybridized carbons (Fsp3) is 0.533. The molecule has 3 aliphatic rings. The quantitative estimate of drug-likeness (QED) is 0.0216. The minimum absolute atomic E-state index is 0.0916. The fourth-order valence-electron chi connectivity index (χ4n) is 10.1. The first-order chi connectivity index (χ1) is 47.2. The standard InChI is InChI=1S/C60H79N4O33P3/c1-33(65)62-48-54(90-39(7)71)51(87-36(4)68)45(93-57(48)80-26-25-61-60(74)81-27-42-19-13-10-14-20-42)30-82-98(75,76)96-58-49(63-34(2)66)55(91-40(8)72)52(88-37(5)69)46(94-58)31-83-99(77,78)97-59-50(64-35(3)67)56(92-41(9)73)53(89-38(6)70)47(95-59)32-86-100(79,84-28-43-21-15-11-16-22-43)85-29-44-23-17-12-18-24-44/h10-24,45-59H,25-32H2,1-9H3,(H,61,74)(H,62,65)(H,63,66)(H,64,67)(H,75,76)(H,77,78)/t45-,46-,47-,48+,49+,50+,51-,52-,53-,54-,55-,56-,57+,58-,59-/m1/s1. The number of alkyl carbamates (subject to hydrolysis) is 1. The van der Waals surface area contributed by atoms with E-state index in [0.29, 0.717) is 16.7 Å². The monoisotopic (exact) mass is 1480 g/mol. The number of hydrogen-bond donors (Lipinski definition) is 6. The van der Waals surface area contributed by atoms with Crippen LogP contribution in [0.3, 0.4) is 0 Å². The number of phosphoric ester groups is 3. The second kappa shape index (κ2) is 38.4. The zero-order chi connectivity index (χ0) is 73.5. The van der Waals surface area contributed by atoms with E-state index in [1.807, 2.05) is 0 Å². The van der Waals surface area contributed by atoms with Crippen molar-refractivity contribution in [1.82, 2.24) is 21.3 Å². The summed E-state index contributed by atoms with van der Waals surface area (Å²) >= 11 is 0. The van der Waals surface area contributed by atoms with E-state index in [0.717, 1.165) is 62.3 Å². The first kappa shape index (κ1) is 81.3. The van der Waals surface area contributed by atoms with Crippen LogP contribution in [-0.4, -0.2) is 194 Å². The van der Waals surface area contributed by atoms with E-state index in [4.69, 9.17) is 83.8 Å². The van der Waals surface area contributed by atoms with Gasteiger partial charge in [-0.1, -0.05) is 91.0 Å². The highest BCUT2D eigenvalue weighted by Gasteiger charge is 2.57. The summed E-state index contributed by atoms with van der Waals surface area (Å²) in [6.45, 7) is 3.46. The van der Waals surface area contributed by atoms with Gasteiger partial charge in [-0.2, -0.15) is 0 Å². The van der Waals surface area contributed by atoms with Crippen LogP contribution in [0.25, 0.3) is 0 Å². The highest BCUT2D eigenvalue weighted by molar-refractivity contribution is 7.48. The molecule has 6 rings (SSSR count).